The molecule has 5 heteroatoms. The zero-order valence-corrected chi connectivity index (χ0v) is 12.3. The lowest BCUT2D eigenvalue weighted by atomic mass is 10.1. The first-order chi connectivity index (χ1) is 8.97. The molecule has 2 aromatic rings. The summed E-state index contributed by atoms with van der Waals surface area (Å²) >= 11 is 9.15. The number of nitrogens with one attached hydrogen (secondary N) is 1. The fraction of sp³-hybridized carbons (Fsp3) is 0.0714. The molecule has 0 saturated carbocycles. The number of benzene rings is 2. The van der Waals surface area contributed by atoms with Gasteiger partial charge in [0.15, 0.2) is 0 Å². The molecule has 0 fully saturated rings. The Bertz CT molecular complexity index is 645. The predicted molar refractivity (Wildman–Crippen MR) is 78.2 cm³/mol. The maximum atomic E-state index is 13.6. The monoisotopic (exact) mass is 341 g/mol. The number of carbonyl (C=O) groups excluding carboxylic acids is 1. The number of hydrogen-bond acceptors (Lipinski definition) is 1. The Hall–Kier alpha value is -1.39. The molecule has 2 aromatic carbocycles. The van der Waals surface area contributed by atoms with Gasteiger partial charge >= 0.3 is 0 Å². The maximum Gasteiger partial charge on any atom is 0.257 e. The second kappa shape index (κ2) is 5.72. The van der Waals surface area contributed by atoms with E-state index in [-0.39, 0.29) is 5.69 Å². The van der Waals surface area contributed by atoms with E-state index in [0.717, 1.165) is 5.56 Å². The van der Waals surface area contributed by atoms with Crippen LogP contribution in [0.2, 0.25) is 5.02 Å². The van der Waals surface area contributed by atoms with E-state index in [1.807, 2.05) is 6.92 Å². The van der Waals surface area contributed by atoms with E-state index in [0.29, 0.717) is 15.1 Å². The summed E-state index contributed by atoms with van der Waals surface area (Å²) in [5.74, 6) is -0.947. The molecule has 0 aliphatic rings. The van der Waals surface area contributed by atoms with Crippen molar-refractivity contribution in [2.24, 2.45) is 0 Å². The fourth-order valence-electron chi connectivity index (χ4n) is 1.58. The molecule has 0 atom stereocenters. The van der Waals surface area contributed by atoms with Crippen LogP contribution in [0, 0.1) is 12.7 Å². The first-order valence-electron chi connectivity index (χ1n) is 5.50. The van der Waals surface area contributed by atoms with Gasteiger partial charge in [0.25, 0.3) is 5.91 Å². The van der Waals surface area contributed by atoms with Crippen LogP contribution in [0.1, 0.15) is 15.9 Å². The van der Waals surface area contributed by atoms with Crippen LogP contribution in [0.25, 0.3) is 0 Å². The quantitative estimate of drug-likeness (QED) is 0.834. The Labute approximate surface area is 123 Å². The zero-order chi connectivity index (χ0) is 14.0. The second-order valence-electron chi connectivity index (χ2n) is 4.06. The van der Waals surface area contributed by atoms with E-state index in [1.54, 1.807) is 24.3 Å². The summed E-state index contributed by atoms with van der Waals surface area (Å²) in [6, 6.07) is 9.50. The lowest BCUT2D eigenvalue weighted by Gasteiger charge is -2.08. The van der Waals surface area contributed by atoms with Crippen molar-refractivity contribution in [3.63, 3.8) is 0 Å². The molecule has 0 saturated heterocycles. The molecule has 1 N–H and O–H groups in total. The second-order valence-corrected chi connectivity index (χ2v) is 5.38. The van der Waals surface area contributed by atoms with Gasteiger partial charge in [-0.05, 0) is 42.8 Å². The third kappa shape index (κ3) is 3.33. The minimum atomic E-state index is -0.508. The molecule has 0 aromatic heterocycles. The third-order valence-corrected chi connectivity index (χ3v) is 3.35. The summed E-state index contributed by atoms with van der Waals surface area (Å²) in [5.41, 5.74) is 1.38. The van der Waals surface area contributed by atoms with Gasteiger partial charge in [0, 0.05) is 4.47 Å². The normalized spacial score (nSPS) is 10.3. The lowest BCUT2D eigenvalue weighted by Crippen LogP contribution is -2.13. The van der Waals surface area contributed by atoms with Crippen molar-refractivity contribution in [2.45, 2.75) is 6.92 Å². The first kappa shape index (κ1) is 14.0. The first-order valence-corrected chi connectivity index (χ1v) is 6.67. The van der Waals surface area contributed by atoms with E-state index in [9.17, 15) is 9.18 Å². The molecular formula is C14H10BrClFNO. The minimum Gasteiger partial charge on any atom is -0.319 e. The molecule has 2 nitrogen and oxygen atoms in total. The number of anilines is 1. The summed E-state index contributed by atoms with van der Waals surface area (Å²) < 4.78 is 14.2. The van der Waals surface area contributed by atoms with Gasteiger partial charge in [-0.15, -0.1) is 0 Å². The highest BCUT2D eigenvalue weighted by atomic mass is 79.9. The van der Waals surface area contributed by atoms with Crippen LogP contribution in [-0.4, -0.2) is 5.91 Å². The predicted octanol–water partition coefficient (Wildman–Crippen LogP) is 4.80. The molecule has 0 radical (unpaired) electrons. The Morgan fingerprint density at radius 3 is 2.63 bits per heavy atom. The number of halogens is 3. The van der Waals surface area contributed by atoms with E-state index in [2.05, 4.69) is 21.2 Å². The molecule has 0 bridgehead atoms. The average Bonchev–Trinajstić information content (AvgIpc) is 2.32. The maximum absolute atomic E-state index is 13.6. The SMILES string of the molecule is Cc1ccc(C(=O)Nc2ccc(Br)cc2F)c(Cl)c1. The van der Waals surface area contributed by atoms with Gasteiger partial charge < -0.3 is 5.32 Å². The third-order valence-electron chi connectivity index (χ3n) is 2.55. The summed E-state index contributed by atoms with van der Waals surface area (Å²) in [6.07, 6.45) is 0. The molecule has 1 amide bonds. The highest BCUT2D eigenvalue weighted by Gasteiger charge is 2.12. The molecule has 0 heterocycles. The van der Waals surface area contributed by atoms with Crippen molar-refractivity contribution >= 4 is 39.1 Å². The summed E-state index contributed by atoms with van der Waals surface area (Å²) in [7, 11) is 0. The molecule has 0 aliphatic carbocycles. The van der Waals surface area contributed by atoms with Crippen molar-refractivity contribution < 1.29 is 9.18 Å². The fourth-order valence-corrected chi connectivity index (χ4v) is 2.24. The average molecular weight is 343 g/mol. The molecule has 0 aliphatic heterocycles. The molecule has 0 unspecified atom stereocenters. The Kier molecular flexibility index (Phi) is 4.22. The smallest absolute Gasteiger partial charge is 0.257 e. The van der Waals surface area contributed by atoms with Crippen molar-refractivity contribution in [3.8, 4) is 0 Å². The van der Waals surface area contributed by atoms with Gasteiger partial charge in [0.1, 0.15) is 5.82 Å². The van der Waals surface area contributed by atoms with Gasteiger partial charge in [-0.1, -0.05) is 33.6 Å². The van der Waals surface area contributed by atoms with E-state index in [4.69, 9.17) is 11.6 Å². The summed E-state index contributed by atoms with van der Waals surface area (Å²) in [5, 5.41) is 2.84. The van der Waals surface area contributed by atoms with Crippen LogP contribution < -0.4 is 5.32 Å². The van der Waals surface area contributed by atoms with Gasteiger partial charge in [-0.3, -0.25) is 4.79 Å². The molecule has 98 valence electrons. The Morgan fingerprint density at radius 1 is 1.26 bits per heavy atom. The van der Waals surface area contributed by atoms with E-state index < -0.39 is 11.7 Å². The number of rotatable bonds is 2. The minimum absolute atomic E-state index is 0.116. The highest BCUT2D eigenvalue weighted by molar-refractivity contribution is 9.10. The molecule has 2 rings (SSSR count). The van der Waals surface area contributed by atoms with Crippen molar-refractivity contribution in [2.75, 3.05) is 5.32 Å². The molecule has 19 heavy (non-hydrogen) atoms. The summed E-state index contributed by atoms with van der Waals surface area (Å²) in [6.45, 7) is 1.88. The van der Waals surface area contributed by atoms with Gasteiger partial charge in [0.05, 0.1) is 16.3 Å². The van der Waals surface area contributed by atoms with Crippen LogP contribution in [0.3, 0.4) is 0 Å². The highest BCUT2D eigenvalue weighted by Crippen LogP contribution is 2.22. The number of aryl methyl sites for hydroxylation is 1. The van der Waals surface area contributed by atoms with Crippen molar-refractivity contribution in [1.29, 1.82) is 0 Å². The largest absolute Gasteiger partial charge is 0.319 e. The van der Waals surface area contributed by atoms with Crippen LogP contribution in [-0.2, 0) is 0 Å². The molecule has 0 spiro atoms. The van der Waals surface area contributed by atoms with Gasteiger partial charge in [0.2, 0.25) is 0 Å². The van der Waals surface area contributed by atoms with Crippen LogP contribution in [0.15, 0.2) is 40.9 Å². The number of carbonyl (C=O) groups is 1. The lowest BCUT2D eigenvalue weighted by molar-refractivity contribution is 0.102. The van der Waals surface area contributed by atoms with E-state index >= 15 is 0 Å². The molecular weight excluding hydrogens is 333 g/mol. The zero-order valence-electron chi connectivity index (χ0n) is 10.0. The van der Waals surface area contributed by atoms with E-state index in [1.165, 1.54) is 12.1 Å². The Morgan fingerprint density at radius 2 is 2.00 bits per heavy atom. The van der Waals surface area contributed by atoms with Crippen LogP contribution in [0.4, 0.5) is 10.1 Å². The van der Waals surface area contributed by atoms with Crippen LogP contribution >= 0.6 is 27.5 Å². The van der Waals surface area contributed by atoms with Crippen molar-refractivity contribution in [1.82, 2.24) is 0 Å². The van der Waals surface area contributed by atoms with Gasteiger partial charge in [-0.2, -0.15) is 0 Å². The Balaban J connectivity index is 2.25. The van der Waals surface area contributed by atoms with Gasteiger partial charge in [-0.25, -0.2) is 4.39 Å². The van der Waals surface area contributed by atoms with Crippen molar-refractivity contribution in [3.05, 3.63) is 62.8 Å². The number of hydrogen-bond donors (Lipinski definition) is 1. The number of amides is 1. The topological polar surface area (TPSA) is 29.1 Å². The van der Waals surface area contributed by atoms with Crippen LogP contribution in [0.5, 0.6) is 0 Å². The standard InChI is InChI=1S/C14H10BrClFNO/c1-8-2-4-10(11(16)6-8)14(19)18-13-5-3-9(15)7-12(13)17/h2-7H,1H3,(H,18,19). The summed E-state index contributed by atoms with van der Waals surface area (Å²) in [4.78, 5) is 12.0.